The molecule has 1 aromatic heterocycles. The lowest BCUT2D eigenvalue weighted by Gasteiger charge is -2.33. The van der Waals surface area contributed by atoms with Gasteiger partial charge in [0.1, 0.15) is 0 Å². The van der Waals surface area contributed by atoms with Gasteiger partial charge in [-0.25, -0.2) is 4.98 Å². The largest absolute Gasteiger partial charge is 0.315 e. The van der Waals surface area contributed by atoms with Crippen LogP contribution in [0.3, 0.4) is 0 Å². The molecule has 1 heterocycles. The van der Waals surface area contributed by atoms with Crippen LogP contribution in [0.25, 0.3) is 0 Å². The second-order valence-electron chi connectivity index (χ2n) is 6.03. The average Bonchev–Trinajstić information content (AvgIpc) is 2.61. The second kappa shape index (κ2) is 5.07. The van der Waals surface area contributed by atoms with E-state index in [4.69, 9.17) is 4.98 Å². The highest BCUT2D eigenvalue weighted by atomic mass is 32.1. The molecule has 2 nitrogen and oxygen atoms in total. The van der Waals surface area contributed by atoms with E-state index in [9.17, 15) is 0 Å². The zero-order valence-electron chi connectivity index (χ0n) is 11.5. The quantitative estimate of drug-likeness (QED) is 0.883. The third-order valence-corrected chi connectivity index (χ3v) is 5.25. The first-order valence-corrected chi connectivity index (χ1v) is 7.44. The summed E-state index contributed by atoms with van der Waals surface area (Å²) in [5.41, 5.74) is 1.78. The van der Waals surface area contributed by atoms with Gasteiger partial charge >= 0.3 is 0 Å². The van der Waals surface area contributed by atoms with Gasteiger partial charge in [-0.05, 0) is 45.1 Å². The van der Waals surface area contributed by atoms with Crippen molar-refractivity contribution in [2.24, 2.45) is 5.41 Å². The number of aromatic nitrogens is 1. The Morgan fingerprint density at radius 1 is 1.35 bits per heavy atom. The van der Waals surface area contributed by atoms with Crippen molar-refractivity contribution in [3.63, 3.8) is 0 Å². The molecule has 0 unspecified atom stereocenters. The van der Waals surface area contributed by atoms with Crippen molar-refractivity contribution in [1.29, 1.82) is 0 Å². The number of thiazole rings is 1. The van der Waals surface area contributed by atoms with Gasteiger partial charge in [-0.15, -0.1) is 11.3 Å². The second-order valence-corrected chi connectivity index (χ2v) is 7.14. The summed E-state index contributed by atoms with van der Waals surface area (Å²) in [5, 5.41) is 4.60. The van der Waals surface area contributed by atoms with E-state index in [-0.39, 0.29) is 0 Å². The van der Waals surface area contributed by atoms with Crippen LogP contribution in [0.1, 0.15) is 61.0 Å². The molecule has 0 saturated heterocycles. The average molecular weight is 252 g/mol. The zero-order chi connectivity index (χ0) is 12.5. The van der Waals surface area contributed by atoms with E-state index in [1.54, 1.807) is 0 Å². The van der Waals surface area contributed by atoms with Crippen LogP contribution in [0.5, 0.6) is 0 Å². The Morgan fingerprint density at radius 3 is 2.59 bits per heavy atom. The molecule has 1 aromatic rings. The van der Waals surface area contributed by atoms with Gasteiger partial charge in [-0.3, -0.25) is 0 Å². The minimum atomic E-state index is 0.552. The van der Waals surface area contributed by atoms with Crippen LogP contribution in [-0.2, 0) is 6.54 Å². The first-order chi connectivity index (χ1) is 8.02. The Kier molecular flexibility index (Phi) is 3.88. The van der Waals surface area contributed by atoms with Crippen LogP contribution in [0.4, 0.5) is 0 Å². The molecule has 0 atom stereocenters. The number of nitrogens with one attached hydrogen (secondary N) is 1. The predicted octanol–water partition coefficient (Wildman–Crippen LogP) is 3.85. The molecule has 0 aliphatic heterocycles. The molecular formula is C14H24N2S. The highest BCUT2D eigenvalue weighted by molar-refractivity contribution is 7.11. The molecule has 0 amide bonds. The number of rotatable bonds is 3. The number of hydrogen-bond acceptors (Lipinski definition) is 3. The molecule has 0 spiro atoms. The Balaban J connectivity index is 2.06. The van der Waals surface area contributed by atoms with Gasteiger partial charge in [0.05, 0.1) is 10.7 Å². The lowest BCUT2D eigenvalue weighted by Crippen LogP contribution is -2.20. The Morgan fingerprint density at radius 2 is 2.00 bits per heavy atom. The van der Waals surface area contributed by atoms with Gasteiger partial charge in [-0.1, -0.05) is 13.8 Å². The summed E-state index contributed by atoms with van der Waals surface area (Å²) in [4.78, 5) is 6.19. The van der Waals surface area contributed by atoms with E-state index >= 15 is 0 Å². The summed E-state index contributed by atoms with van der Waals surface area (Å²) in [5.74, 6) is 0.720. The van der Waals surface area contributed by atoms with E-state index in [0.29, 0.717) is 5.41 Å². The SMILES string of the molecule is CNCc1sc(C2CCC(C)(C)CC2)nc1C. The molecule has 1 saturated carbocycles. The van der Waals surface area contributed by atoms with Crippen LogP contribution in [-0.4, -0.2) is 12.0 Å². The molecule has 17 heavy (non-hydrogen) atoms. The predicted molar refractivity (Wildman–Crippen MR) is 74.6 cm³/mol. The van der Waals surface area contributed by atoms with Crippen LogP contribution in [0.2, 0.25) is 0 Å². The van der Waals surface area contributed by atoms with Crippen molar-refractivity contribution in [2.45, 2.75) is 58.9 Å². The van der Waals surface area contributed by atoms with Crippen LogP contribution < -0.4 is 5.32 Å². The maximum Gasteiger partial charge on any atom is 0.0962 e. The highest BCUT2D eigenvalue weighted by Crippen LogP contribution is 2.43. The topological polar surface area (TPSA) is 24.9 Å². The molecule has 1 aliphatic rings. The van der Waals surface area contributed by atoms with Gasteiger partial charge < -0.3 is 5.32 Å². The van der Waals surface area contributed by atoms with Gasteiger partial charge in [0.15, 0.2) is 0 Å². The van der Waals surface area contributed by atoms with Gasteiger partial charge in [0.25, 0.3) is 0 Å². The van der Waals surface area contributed by atoms with Crippen molar-refractivity contribution in [2.75, 3.05) is 7.05 Å². The third-order valence-electron chi connectivity index (χ3n) is 3.93. The summed E-state index contributed by atoms with van der Waals surface area (Å²) in [6, 6.07) is 0. The molecule has 0 radical (unpaired) electrons. The Hall–Kier alpha value is -0.410. The molecule has 0 aromatic carbocycles. The maximum absolute atomic E-state index is 4.78. The van der Waals surface area contributed by atoms with Crippen molar-refractivity contribution < 1.29 is 0 Å². The standard InChI is InChI=1S/C14H24N2S/c1-10-12(9-15-4)17-13(16-10)11-5-7-14(2,3)8-6-11/h11,15H,5-9H2,1-4H3. The smallest absolute Gasteiger partial charge is 0.0962 e. The van der Waals surface area contributed by atoms with Crippen molar-refractivity contribution in [3.05, 3.63) is 15.6 Å². The van der Waals surface area contributed by atoms with E-state index in [2.05, 4.69) is 26.1 Å². The van der Waals surface area contributed by atoms with Crippen LogP contribution in [0, 0.1) is 12.3 Å². The number of aryl methyl sites for hydroxylation is 1. The molecule has 1 N–H and O–H groups in total. The summed E-state index contributed by atoms with van der Waals surface area (Å²) >= 11 is 1.92. The lowest BCUT2D eigenvalue weighted by molar-refractivity contribution is 0.224. The van der Waals surface area contributed by atoms with Crippen molar-refractivity contribution >= 4 is 11.3 Å². The van der Waals surface area contributed by atoms with E-state index in [0.717, 1.165) is 12.5 Å². The normalized spacial score (nSPS) is 20.7. The fourth-order valence-electron chi connectivity index (χ4n) is 2.60. The molecule has 0 bridgehead atoms. The molecule has 1 fully saturated rings. The van der Waals surface area contributed by atoms with Crippen molar-refractivity contribution in [1.82, 2.24) is 10.3 Å². The Labute approximate surface area is 109 Å². The monoisotopic (exact) mass is 252 g/mol. The molecule has 3 heteroatoms. The van der Waals surface area contributed by atoms with Gasteiger partial charge in [0.2, 0.25) is 0 Å². The minimum absolute atomic E-state index is 0.552. The zero-order valence-corrected chi connectivity index (χ0v) is 12.3. The maximum atomic E-state index is 4.78. The first-order valence-electron chi connectivity index (χ1n) is 6.62. The molecule has 96 valence electrons. The lowest BCUT2D eigenvalue weighted by atomic mass is 9.73. The summed E-state index contributed by atoms with van der Waals surface area (Å²) in [6.07, 6.45) is 5.33. The van der Waals surface area contributed by atoms with Crippen molar-refractivity contribution in [3.8, 4) is 0 Å². The van der Waals surface area contributed by atoms with Crippen LogP contribution >= 0.6 is 11.3 Å². The molecular weight excluding hydrogens is 228 g/mol. The van der Waals surface area contributed by atoms with Gasteiger partial charge in [-0.2, -0.15) is 0 Å². The fraction of sp³-hybridized carbons (Fsp3) is 0.786. The Bertz CT molecular complexity index is 372. The first kappa shape index (κ1) is 13.0. The fourth-order valence-corrected chi connectivity index (χ4v) is 3.84. The van der Waals surface area contributed by atoms with E-state index < -0.39 is 0 Å². The van der Waals surface area contributed by atoms with Gasteiger partial charge in [0, 0.05) is 17.3 Å². The minimum Gasteiger partial charge on any atom is -0.315 e. The number of nitrogens with zero attached hydrogens (tertiary/aromatic N) is 1. The van der Waals surface area contributed by atoms with Crippen LogP contribution in [0.15, 0.2) is 0 Å². The van der Waals surface area contributed by atoms with E-state index in [1.165, 1.54) is 41.3 Å². The summed E-state index contributed by atoms with van der Waals surface area (Å²) < 4.78 is 0. The summed E-state index contributed by atoms with van der Waals surface area (Å²) in [6.45, 7) is 7.88. The molecule has 2 rings (SSSR count). The summed E-state index contributed by atoms with van der Waals surface area (Å²) in [7, 11) is 2.00. The molecule has 1 aliphatic carbocycles. The van der Waals surface area contributed by atoms with E-state index in [1.807, 2.05) is 18.4 Å². The highest BCUT2D eigenvalue weighted by Gasteiger charge is 2.29. The third kappa shape index (κ3) is 3.08. The number of hydrogen-bond donors (Lipinski definition) is 1.